The van der Waals surface area contributed by atoms with Crippen LogP contribution >= 0.6 is 11.3 Å². The van der Waals surface area contributed by atoms with Gasteiger partial charge in [-0.3, -0.25) is 4.79 Å². The van der Waals surface area contributed by atoms with Crippen molar-refractivity contribution in [3.05, 3.63) is 58.4 Å². The maximum absolute atomic E-state index is 12.4. The van der Waals surface area contributed by atoms with Crippen molar-refractivity contribution in [1.29, 1.82) is 0 Å². The van der Waals surface area contributed by atoms with Gasteiger partial charge in [0.15, 0.2) is 16.3 Å². The maximum Gasteiger partial charge on any atom is 0.272 e. The zero-order valence-electron chi connectivity index (χ0n) is 15.9. The summed E-state index contributed by atoms with van der Waals surface area (Å²) in [6.07, 6.45) is 8.62. The van der Waals surface area contributed by atoms with E-state index in [1.54, 1.807) is 32.4 Å². The number of nitrogens with zero attached hydrogens (tertiary/aromatic N) is 2. The summed E-state index contributed by atoms with van der Waals surface area (Å²) in [4.78, 5) is 17.2. The van der Waals surface area contributed by atoms with E-state index < -0.39 is 0 Å². The molecule has 142 valence electrons. The summed E-state index contributed by atoms with van der Waals surface area (Å²) in [7, 11) is 3.15. The Labute approximate surface area is 167 Å². The molecule has 6 heteroatoms. The number of terminal acetylenes is 1. The van der Waals surface area contributed by atoms with Gasteiger partial charge in [0.1, 0.15) is 0 Å². The second kappa shape index (κ2) is 8.59. The minimum Gasteiger partial charge on any atom is -0.493 e. The minimum atomic E-state index is -0.358. The van der Waals surface area contributed by atoms with Crippen LogP contribution in [0.3, 0.4) is 0 Å². The van der Waals surface area contributed by atoms with E-state index in [0.29, 0.717) is 22.8 Å². The molecule has 3 aromatic rings. The van der Waals surface area contributed by atoms with Crippen LogP contribution in [0.15, 0.2) is 47.5 Å². The van der Waals surface area contributed by atoms with Crippen molar-refractivity contribution in [2.75, 3.05) is 14.2 Å². The zero-order valence-corrected chi connectivity index (χ0v) is 16.7. The van der Waals surface area contributed by atoms with Gasteiger partial charge >= 0.3 is 0 Å². The second-order valence-electron chi connectivity index (χ2n) is 6.04. The van der Waals surface area contributed by atoms with Crippen molar-refractivity contribution in [3.63, 3.8) is 0 Å². The number of benzene rings is 2. The quantitative estimate of drug-likeness (QED) is 0.490. The fraction of sp³-hybridized carbons (Fsp3) is 0.182. The molecule has 28 heavy (non-hydrogen) atoms. The van der Waals surface area contributed by atoms with Crippen LogP contribution in [-0.2, 0) is 11.3 Å². The summed E-state index contributed by atoms with van der Waals surface area (Å²) in [5.74, 6) is 3.50. The summed E-state index contributed by atoms with van der Waals surface area (Å²) in [6, 6.07) is 11.5. The first-order valence-electron chi connectivity index (χ1n) is 8.58. The number of carbonyl (C=O) groups is 1. The summed E-state index contributed by atoms with van der Waals surface area (Å²) < 4.78 is 13.4. The molecular formula is C22H20N2O3S. The molecule has 1 heterocycles. The van der Waals surface area contributed by atoms with E-state index in [4.69, 9.17) is 15.9 Å². The largest absolute Gasteiger partial charge is 0.493 e. The van der Waals surface area contributed by atoms with Gasteiger partial charge in [0, 0.05) is 6.08 Å². The Bertz CT molecular complexity index is 1160. The molecule has 0 unspecified atom stereocenters. The highest BCUT2D eigenvalue weighted by Crippen LogP contribution is 2.28. The number of thiazole rings is 1. The molecule has 0 spiro atoms. The Morgan fingerprint density at radius 1 is 1.21 bits per heavy atom. The monoisotopic (exact) mass is 392 g/mol. The van der Waals surface area contributed by atoms with Crippen molar-refractivity contribution in [2.24, 2.45) is 4.99 Å². The summed E-state index contributed by atoms with van der Waals surface area (Å²) in [5.41, 5.74) is 2.93. The van der Waals surface area contributed by atoms with E-state index >= 15 is 0 Å². The highest BCUT2D eigenvalue weighted by Gasteiger charge is 2.07. The molecule has 0 atom stereocenters. The number of hydrogen-bond donors (Lipinski definition) is 0. The predicted molar refractivity (Wildman–Crippen MR) is 113 cm³/mol. The number of methoxy groups -OCH3 is 2. The third-order valence-electron chi connectivity index (χ3n) is 4.12. The van der Waals surface area contributed by atoms with E-state index in [2.05, 4.69) is 17.0 Å². The normalized spacial score (nSPS) is 11.7. The van der Waals surface area contributed by atoms with Crippen LogP contribution in [0.4, 0.5) is 0 Å². The lowest BCUT2D eigenvalue weighted by Crippen LogP contribution is -2.15. The summed E-state index contributed by atoms with van der Waals surface area (Å²) in [5, 5.41) is 0. The number of fused-ring (bicyclic) bond motifs is 1. The van der Waals surface area contributed by atoms with Gasteiger partial charge in [0.05, 0.1) is 31.0 Å². The van der Waals surface area contributed by atoms with E-state index in [9.17, 15) is 4.79 Å². The van der Waals surface area contributed by atoms with Crippen LogP contribution in [0.1, 0.15) is 11.1 Å². The van der Waals surface area contributed by atoms with Gasteiger partial charge in [-0.1, -0.05) is 29.4 Å². The first kappa shape index (κ1) is 19.5. The molecule has 0 saturated carbocycles. The van der Waals surface area contributed by atoms with Crippen LogP contribution in [0.25, 0.3) is 16.3 Å². The molecular weight excluding hydrogens is 372 g/mol. The summed E-state index contributed by atoms with van der Waals surface area (Å²) >= 11 is 1.45. The first-order chi connectivity index (χ1) is 13.5. The topological polar surface area (TPSA) is 52.8 Å². The fourth-order valence-electron chi connectivity index (χ4n) is 2.77. The molecule has 5 nitrogen and oxygen atoms in total. The van der Waals surface area contributed by atoms with Gasteiger partial charge in [-0.05, 0) is 48.4 Å². The number of amides is 1. The van der Waals surface area contributed by atoms with Crippen molar-refractivity contribution in [3.8, 4) is 23.8 Å². The molecule has 2 aromatic carbocycles. The molecule has 0 aliphatic rings. The lowest BCUT2D eigenvalue weighted by Gasteiger charge is -2.07. The molecule has 0 radical (unpaired) electrons. The number of ether oxygens (including phenoxy) is 2. The van der Waals surface area contributed by atoms with Crippen LogP contribution in [0.5, 0.6) is 11.5 Å². The fourth-order valence-corrected chi connectivity index (χ4v) is 3.90. The zero-order chi connectivity index (χ0) is 20.1. The Morgan fingerprint density at radius 2 is 2.00 bits per heavy atom. The SMILES string of the molecule is C#CCn1c(=NC(=O)C=Cc2ccc(OC)c(OC)c2)sc2cc(C)ccc21. The number of carbonyl (C=O) groups excluding carboxylic acids is 1. The number of hydrogen-bond acceptors (Lipinski definition) is 4. The van der Waals surface area contributed by atoms with E-state index in [1.165, 1.54) is 17.4 Å². The molecule has 1 amide bonds. The van der Waals surface area contributed by atoms with Crippen LogP contribution in [0.2, 0.25) is 0 Å². The van der Waals surface area contributed by atoms with E-state index in [0.717, 1.165) is 21.3 Å². The highest BCUT2D eigenvalue weighted by molar-refractivity contribution is 7.16. The first-order valence-corrected chi connectivity index (χ1v) is 9.39. The van der Waals surface area contributed by atoms with Crippen molar-refractivity contribution in [1.82, 2.24) is 4.57 Å². The average molecular weight is 392 g/mol. The van der Waals surface area contributed by atoms with Crippen LogP contribution in [-0.4, -0.2) is 24.7 Å². The molecule has 1 aromatic heterocycles. The lowest BCUT2D eigenvalue weighted by molar-refractivity contribution is -0.113. The van der Waals surface area contributed by atoms with Gasteiger partial charge < -0.3 is 14.0 Å². The Hall–Kier alpha value is -3.30. The van der Waals surface area contributed by atoms with Gasteiger partial charge in [0.2, 0.25) is 0 Å². The molecule has 0 aliphatic heterocycles. The summed E-state index contributed by atoms with van der Waals surface area (Å²) in [6.45, 7) is 2.38. The molecule has 3 rings (SSSR count). The predicted octanol–water partition coefficient (Wildman–Crippen LogP) is 3.80. The maximum atomic E-state index is 12.4. The molecule has 0 fully saturated rings. The molecule has 0 saturated heterocycles. The van der Waals surface area contributed by atoms with Crippen molar-refractivity contribution in [2.45, 2.75) is 13.5 Å². The third kappa shape index (κ3) is 4.16. The van der Waals surface area contributed by atoms with E-state index in [1.807, 2.05) is 29.7 Å². The average Bonchev–Trinajstić information content (AvgIpc) is 3.02. The third-order valence-corrected chi connectivity index (χ3v) is 5.16. The van der Waals surface area contributed by atoms with Gasteiger partial charge in [0.25, 0.3) is 5.91 Å². The standard InChI is InChI=1S/C22H20N2O3S/c1-5-12-24-17-9-6-15(2)13-20(17)28-22(24)23-21(25)11-8-16-7-10-18(26-3)19(14-16)27-4/h1,6-11,13-14H,12H2,2-4H3. The number of aryl methyl sites for hydroxylation is 1. The van der Waals surface area contributed by atoms with Crippen LogP contribution in [0, 0.1) is 19.3 Å². The smallest absolute Gasteiger partial charge is 0.272 e. The van der Waals surface area contributed by atoms with Gasteiger partial charge in [-0.15, -0.1) is 6.42 Å². The van der Waals surface area contributed by atoms with Crippen LogP contribution < -0.4 is 14.3 Å². The van der Waals surface area contributed by atoms with Crippen molar-refractivity contribution >= 4 is 33.5 Å². The Kier molecular flexibility index (Phi) is 5.97. The highest BCUT2D eigenvalue weighted by atomic mass is 32.1. The lowest BCUT2D eigenvalue weighted by atomic mass is 10.2. The minimum absolute atomic E-state index is 0.356. The molecule has 0 N–H and O–H groups in total. The van der Waals surface area contributed by atoms with Crippen molar-refractivity contribution < 1.29 is 14.3 Å². The van der Waals surface area contributed by atoms with E-state index in [-0.39, 0.29) is 5.91 Å². The number of rotatable bonds is 5. The Balaban J connectivity index is 1.93. The Morgan fingerprint density at radius 3 is 2.71 bits per heavy atom. The van der Waals surface area contributed by atoms with Gasteiger partial charge in [-0.2, -0.15) is 4.99 Å². The second-order valence-corrected chi connectivity index (χ2v) is 7.05. The molecule has 0 aliphatic carbocycles. The number of aromatic nitrogens is 1. The molecule has 0 bridgehead atoms. The van der Waals surface area contributed by atoms with Gasteiger partial charge in [-0.25, -0.2) is 0 Å².